The van der Waals surface area contributed by atoms with Gasteiger partial charge in [0.25, 0.3) is 11.8 Å². The molecule has 0 saturated carbocycles. The van der Waals surface area contributed by atoms with Gasteiger partial charge in [-0.05, 0) is 32.9 Å². The lowest BCUT2D eigenvalue weighted by Crippen LogP contribution is -2.56. The summed E-state index contributed by atoms with van der Waals surface area (Å²) in [5, 5.41) is 1.30. The predicted octanol–water partition coefficient (Wildman–Crippen LogP) is 1.60. The Morgan fingerprint density at radius 3 is 2.26 bits per heavy atom. The molecule has 0 aliphatic heterocycles. The van der Waals surface area contributed by atoms with Crippen LogP contribution in [0.4, 0.5) is 0 Å². The summed E-state index contributed by atoms with van der Waals surface area (Å²) in [6.45, 7) is 5.44. The molecule has 19 heavy (non-hydrogen) atoms. The van der Waals surface area contributed by atoms with E-state index in [9.17, 15) is 9.59 Å². The van der Waals surface area contributed by atoms with Gasteiger partial charge in [-0.1, -0.05) is 18.2 Å². The van der Waals surface area contributed by atoms with E-state index in [1.54, 1.807) is 24.3 Å². The molecule has 2 amide bonds. The van der Waals surface area contributed by atoms with Gasteiger partial charge >= 0.3 is 0 Å². The first kappa shape index (κ1) is 15.2. The van der Waals surface area contributed by atoms with Crippen molar-refractivity contribution in [2.45, 2.75) is 26.3 Å². The number of rotatable bonds is 3. The highest BCUT2D eigenvalue weighted by Gasteiger charge is 2.28. The van der Waals surface area contributed by atoms with Crippen molar-refractivity contribution < 1.29 is 14.3 Å². The average molecular weight is 264 g/mol. The molecule has 0 aromatic heterocycles. The van der Waals surface area contributed by atoms with Gasteiger partial charge in [-0.3, -0.25) is 15.0 Å². The zero-order valence-corrected chi connectivity index (χ0v) is 11.8. The molecule has 0 unspecified atom stereocenters. The van der Waals surface area contributed by atoms with Gasteiger partial charge in [0.1, 0.15) is 6.61 Å². The number of hydrazine groups is 1. The number of hydrogen-bond acceptors (Lipinski definition) is 3. The van der Waals surface area contributed by atoms with Gasteiger partial charge < -0.3 is 4.74 Å². The third-order valence-corrected chi connectivity index (χ3v) is 2.44. The maximum atomic E-state index is 12.1. The molecule has 0 aliphatic carbocycles. The van der Waals surface area contributed by atoms with Crippen LogP contribution in [0, 0.1) is 0 Å². The van der Waals surface area contributed by atoms with Crippen LogP contribution in [-0.2, 0) is 9.53 Å². The Labute approximate surface area is 113 Å². The number of methoxy groups -OCH3 is 1. The summed E-state index contributed by atoms with van der Waals surface area (Å²) in [5.41, 5.74) is 2.60. The Morgan fingerprint density at radius 2 is 1.79 bits per heavy atom. The highest BCUT2D eigenvalue weighted by molar-refractivity contribution is 5.95. The van der Waals surface area contributed by atoms with Crippen LogP contribution in [0.1, 0.15) is 31.1 Å². The minimum atomic E-state index is -0.528. The lowest BCUT2D eigenvalue weighted by molar-refractivity contribution is -0.143. The van der Waals surface area contributed by atoms with Crippen molar-refractivity contribution in [2.75, 3.05) is 13.7 Å². The van der Waals surface area contributed by atoms with Crippen LogP contribution in [0.3, 0.4) is 0 Å². The molecule has 0 aliphatic rings. The Morgan fingerprint density at radius 1 is 1.21 bits per heavy atom. The summed E-state index contributed by atoms with van der Waals surface area (Å²) in [6, 6.07) is 8.75. The summed E-state index contributed by atoms with van der Waals surface area (Å²) in [5.74, 6) is -0.612. The van der Waals surface area contributed by atoms with E-state index in [0.717, 1.165) is 0 Å². The van der Waals surface area contributed by atoms with Gasteiger partial charge in [0.15, 0.2) is 0 Å². The highest BCUT2D eigenvalue weighted by atomic mass is 16.5. The van der Waals surface area contributed by atoms with E-state index >= 15 is 0 Å². The molecule has 0 atom stereocenters. The van der Waals surface area contributed by atoms with E-state index in [1.807, 2.05) is 26.8 Å². The second kappa shape index (κ2) is 6.33. The van der Waals surface area contributed by atoms with Crippen molar-refractivity contribution >= 4 is 11.8 Å². The van der Waals surface area contributed by atoms with Crippen molar-refractivity contribution in [1.29, 1.82) is 0 Å². The molecule has 0 heterocycles. The van der Waals surface area contributed by atoms with Crippen molar-refractivity contribution in [2.24, 2.45) is 0 Å². The average Bonchev–Trinajstić information content (AvgIpc) is 2.35. The number of nitrogens with zero attached hydrogens (tertiary/aromatic N) is 1. The standard InChI is InChI=1S/C14H20N2O3/c1-14(2,3)16(12(17)10-19-4)15-13(18)11-8-6-5-7-9-11/h5-9H,10H2,1-4H3,(H,15,18). The first-order valence-electron chi connectivity index (χ1n) is 6.04. The minimum Gasteiger partial charge on any atom is -0.375 e. The maximum absolute atomic E-state index is 12.1. The summed E-state index contributed by atoms with van der Waals surface area (Å²) in [7, 11) is 1.44. The van der Waals surface area contributed by atoms with Crippen molar-refractivity contribution in [3.63, 3.8) is 0 Å². The number of hydrogen-bond donors (Lipinski definition) is 1. The van der Waals surface area contributed by atoms with E-state index in [0.29, 0.717) is 5.56 Å². The third kappa shape index (κ3) is 4.37. The largest absolute Gasteiger partial charge is 0.375 e. The van der Waals surface area contributed by atoms with Crippen LogP contribution in [0.5, 0.6) is 0 Å². The molecule has 1 N–H and O–H groups in total. The molecule has 1 aromatic carbocycles. The molecule has 5 heteroatoms. The number of carbonyl (C=O) groups is 2. The quantitative estimate of drug-likeness (QED) is 0.844. The van der Waals surface area contributed by atoms with Crippen LogP contribution in [0.2, 0.25) is 0 Å². The SMILES string of the molecule is COCC(=O)N(NC(=O)c1ccccc1)C(C)(C)C. The van der Waals surface area contributed by atoms with Crippen LogP contribution >= 0.6 is 0 Å². The van der Waals surface area contributed by atoms with Crippen LogP contribution in [0.25, 0.3) is 0 Å². The third-order valence-electron chi connectivity index (χ3n) is 2.44. The van der Waals surface area contributed by atoms with Crippen molar-refractivity contribution in [3.8, 4) is 0 Å². The lowest BCUT2D eigenvalue weighted by Gasteiger charge is -2.35. The molecule has 0 spiro atoms. The minimum absolute atomic E-state index is 0.0770. The molecule has 5 nitrogen and oxygen atoms in total. The van der Waals surface area contributed by atoms with E-state index < -0.39 is 5.54 Å². The summed E-state index contributed by atoms with van der Waals surface area (Å²) < 4.78 is 4.82. The Kier molecular flexibility index (Phi) is 5.06. The van der Waals surface area contributed by atoms with Crippen molar-refractivity contribution in [3.05, 3.63) is 35.9 Å². The van der Waals surface area contributed by atoms with Crippen molar-refractivity contribution in [1.82, 2.24) is 10.4 Å². The zero-order chi connectivity index (χ0) is 14.5. The zero-order valence-electron chi connectivity index (χ0n) is 11.8. The van der Waals surface area contributed by atoms with E-state index in [1.165, 1.54) is 12.1 Å². The predicted molar refractivity (Wildman–Crippen MR) is 72.4 cm³/mol. The molecule has 1 aromatic rings. The Balaban J connectivity index is 2.84. The fraction of sp³-hybridized carbons (Fsp3) is 0.429. The second-order valence-electron chi connectivity index (χ2n) is 5.14. The normalized spacial score (nSPS) is 10.9. The van der Waals surface area contributed by atoms with Gasteiger partial charge in [-0.2, -0.15) is 0 Å². The fourth-order valence-corrected chi connectivity index (χ4v) is 1.55. The van der Waals surface area contributed by atoms with Crippen LogP contribution in [-0.4, -0.2) is 36.1 Å². The van der Waals surface area contributed by atoms with Gasteiger partial charge in [-0.25, -0.2) is 5.01 Å². The van der Waals surface area contributed by atoms with E-state index in [-0.39, 0.29) is 18.4 Å². The first-order valence-corrected chi connectivity index (χ1v) is 6.04. The Hall–Kier alpha value is -1.88. The van der Waals surface area contributed by atoms with Crippen LogP contribution in [0.15, 0.2) is 30.3 Å². The molecule has 0 bridgehead atoms. The first-order chi connectivity index (χ1) is 8.86. The lowest BCUT2D eigenvalue weighted by atomic mass is 10.1. The van der Waals surface area contributed by atoms with Gasteiger partial charge in [0, 0.05) is 12.7 Å². The highest BCUT2D eigenvalue weighted by Crippen LogP contribution is 2.11. The number of amides is 2. The van der Waals surface area contributed by atoms with Gasteiger partial charge in [-0.15, -0.1) is 0 Å². The molecule has 1 rings (SSSR count). The smallest absolute Gasteiger partial charge is 0.269 e. The molecule has 104 valence electrons. The molecule has 0 saturated heterocycles. The molecular weight excluding hydrogens is 244 g/mol. The summed E-state index contributed by atoms with van der Waals surface area (Å²) in [6.07, 6.45) is 0. The Bertz CT molecular complexity index is 438. The van der Waals surface area contributed by atoms with Crippen LogP contribution < -0.4 is 5.43 Å². The number of carbonyl (C=O) groups excluding carboxylic acids is 2. The molecule has 0 radical (unpaired) electrons. The van der Waals surface area contributed by atoms with E-state index in [4.69, 9.17) is 4.74 Å². The fourth-order valence-electron chi connectivity index (χ4n) is 1.55. The maximum Gasteiger partial charge on any atom is 0.269 e. The number of benzene rings is 1. The second-order valence-corrected chi connectivity index (χ2v) is 5.14. The molecular formula is C14H20N2O3. The topological polar surface area (TPSA) is 58.6 Å². The monoisotopic (exact) mass is 264 g/mol. The van der Waals surface area contributed by atoms with Gasteiger partial charge in [0.2, 0.25) is 0 Å². The summed E-state index contributed by atoms with van der Waals surface area (Å²) >= 11 is 0. The summed E-state index contributed by atoms with van der Waals surface area (Å²) in [4.78, 5) is 24.0. The molecule has 0 fully saturated rings. The number of nitrogens with one attached hydrogen (secondary N) is 1. The van der Waals surface area contributed by atoms with E-state index in [2.05, 4.69) is 5.43 Å². The number of ether oxygens (including phenoxy) is 1. The van der Waals surface area contributed by atoms with Gasteiger partial charge in [0.05, 0.1) is 5.54 Å².